The summed E-state index contributed by atoms with van der Waals surface area (Å²) in [4.78, 5) is 4.29. The molecule has 0 aliphatic heterocycles. The van der Waals surface area contributed by atoms with Gasteiger partial charge in [0.2, 0.25) is 0 Å². The van der Waals surface area contributed by atoms with Gasteiger partial charge in [0.15, 0.2) is 0 Å². The summed E-state index contributed by atoms with van der Waals surface area (Å²) in [6.07, 6.45) is 2.75. The van der Waals surface area contributed by atoms with E-state index >= 15 is 0 Å². The molecule has 1 aromatic heterocycles. The summed E-state index contributed by atoms with van der Waals surface area (Å²) in [5, 5.41) is 0. The van der Waals surface area contributed by atoms with E-state index in [1.165, 1.54) is 5.56 Å². The third-order valence-corrected chi connectivity index (χ3v) is 3.35. The molecule has 0 fully saturated rings. The lowest BCUT2D eigenvalue weighted by atomic mass is 10.1. The Balaban J connectivity index is 0.00000180. The van der Waals surface area contributed by atoms with E-state index in [-0.39, 0.29) is 12.4 Å². The Morgan fingerprint density at radius 1 is 1.32 bits per heavy atom. The number of nitrogens with zero attached hydrogens (tertiary/aromatic N) is 2. The Labute approximate surface area is 125 Å². The Bertz CT molecular complexity index is 526. The number of rotatable bonds is 5. The Hall–Kier alpha value is -1.19. The monoisotopic (exact) mass is 300 g/mol. The van der Waals surface area contributed by atoms with Gasteiger partial charge in [0.1, 0.15) is 11.6 Å². The molecule has 0 radical (unpaired) electrons. The van der Waals surface area contributed by atoms with Crippen LogP contribution in [0.15, 0.2) is 30.5 Å². The molecule has 5 heteroatoms. The van der Waals surface area contributed by atoms with Gasteiger partial charge >= 0.3 is 0 Å². The SMILES string of the molecule is COc1ccccc1CCn1c(CCl)cnc1C.Cl. The molecule has 0 unspecified atom stereocenters. The van der Waals surface area contributed by atoms with Crippen LogP contribution in [-0.2, 0) is 18.8 Å². The van der Waals surface area contributed by atoms with E-state index in [4.69, 9.17) is 16.3 Å². The van der Waals surface area contributed by atoms with Gasteiger partial charge in [-0.25, -0.2) is 4.98 Å². The molecular weight excluding hydrogens is 283 g/mol. The lowest BCUT2D eigenvalue weighted by molar-refractivity contribution is 0.408. The van der Waals surface area contributed by atoms with Crippen LogP contribution in [0.25, 0.3) is 0 Å². The fourth-order valence-electron chi connectivity index (χ4n) is 2.07. The van der Waals surface area contributed by atoms with E-state index in [2.05, 4.69) is 15.6 Å². The molecule has 19 heavy (non-hydrogen) atoms. The maximum absolute atomic E-state index is 5.90. The average Bonchev–Trinajstić information content (AvgIpc) is 2.77. The topological polar surface area (TPSA) is 27.1 Å². The molecule has 0 spiro atoms. The van der Waals surface area contributed by atoms with Crippen molar-refractivity contribution in [2.45, 2.75) is 25.8 Å². The van der Waals surface area contributed by atoms with Crippen molar-refractivity contribution in [2.75, 3.05) is 7.11 Å². The van der Waals surface area contributed by atoms with Gasteiger partial charge in [0, 0.05) is 12.7 Å². The quantitative estimate of drug-likeness (QED) is 0.789. The normalized spacial score (nSPS) is 10.1. The van der Waals surface area contributed by atoms with Crippen LogP contribution >= 0.6 is 24.0 Å². The minimum absolute atomic E-state index is 0. The number of aromatic nitrogens is 2. The summed E-state index contributed by atoms with van der Waals surface area (Å²) in [6, 6.07) is 8.08. The van der Waals surface area contributed by atoms with Crippen LogP contribution in [0, 0.1) is 6.92 Å². The van der Waals surface area contributed by atoms with Gasteiger partial charge < -0.3 is 9.30 Å². The van der Waals surface area contributed by atoms with Crippen LogP contribution in [-0.4, -0.2) is 16.7 Å². The van der Waals surface area contributed by atoms with Gasteiger partial charge in [-0.2, -0.15) is 0 Å². The molecule has 0 saturated carbocycles. The van der Waals surface area contributed by atoms with Gasteiger partial charge in [-0.05, 0) is 25.0 Å². The molecule has 2 aromatic rings. The molecule has 104 valence electrons. The number of para-hydroxylation sites is 1. The van der Waals surface area contributed by atoms with Gasteiger partial charge in [-0.1, -0.05) is 18.2 Å². The second-order valence-corrected chi connectivity index (χ2v) is 4.41. The molecule has 0 aliphatic rings. The highest BCUT2D eigenvalue weighted by molar-refractivity contribution is 6.16. The number of benzene rings is 1. The van der Waals surface area contributed by atoms with E-state index in [1.807, 2.05) is 31.3 Å². The summed E-state index contributed by atoms with van der Waals surface area (Å²) in [5.74, 6) is 2.43. The minimum atomic E-state index is 0. The van der Waals surface area contributed by atoms with Crippen molar-refractivity contribution in [1.82, 2.24) is 9.55 Å². The fraction of sp³-hybridized carbons (Fsp3) is 0.357. The molecular formula is C14H18Cl2N2O. The largest absolute Gasteiger partial charge is 0.496 e. The highest BCUT2D eigenvalue weighted by atomic mass is 35.5. The number of aryl methyl sites for hydroxylation is 2. The number of alkyl halides is 1. The summed E-state index contributed by atoms with van der Waals surface area (Å²) >= 11 is 5.90. The van der Waals surface area contributed by atoms with Crippen LogP contribution in [0.5, 0.6) is 5.75 Å². The molecule has 0 N–H and O–H groups in total. The lowest BCUT2D eigenvalue weighted by Crippen LogP contribution is -2.07. The standard InChI is InChI=1S/C14H17ClN2O.ClH/c1-11-16-10-13(9-15)17(11)8-7-12-5-3-4-6-14(12)18-2;/h3-6,10H,7-9H2,1-2H3;1H. The van der Waals surface area contributed by atoms with Crippen molar-refractivity contribution >= 4 is 24.0 Å². The Morgan fingerprint density at radius 2 is 2.05 bits per heavy atom. The molecule has 0 atom stereocenters. The Morgan fingerprint density at radius 3 is 2.74 bits per heavy atom. The van der Waals surface area contributed by atoms with Crippen LogP contribution in [0.3, 0.4) is 0 Å². The van der Waals surface area contributed by atoms with E-state index < -0.39 is 0 Å². The number of halogens is 2. The van der Waals surface area contributed by atoms with Crippen molar-refractivity contribution in [2.24, 2.45) is 0 Å². The van der Waals surface area contributed by atoms with Crippen LogP contribution in [0.2, 0.25) is 0 Å². The fourth-order valence-corrected chi connectivity index (χ4v) is 2.28. The highest BCUT2D eigenvalue weighted by Gasteiger charge is 2.07. The summed E-state index contributed by atoms with van der Waals surface area (Å²) < 4.78 is 7.50. The third-order valence-electron chi connectivity index (χ3n) is 3.07. The van der Waals surface area contributed by atoms with Crippen molar-refractivity contribution in [1.29, 1.82) is 0 Å². The van der Waals surface area contributed by atoms with Gasteiger partial charge in [-0.15, -0.1) is 24.0 Å². The molecule has 2 rings (SSSR count). The zero-order valence-electron chi connectivity index (χ0n) is 11.1. The summed E-state index contributed by atoms with van der Waals surface area (Å²) in [7, 11) is 1.70. The molecule has 1 heterocycles. The van der Waals surface area contributed by atoms with E-state index in [0.717, 1.165) is 30.2 Å². The van der Waals surface area contributed by atoms with Gasteiger partial charge in [-0.3, -0.25) is 0 Å². The molecule has 0 saturated heterocycles. The maximum Gasteiger partial charge on any atom is 0.122 e. The summed E-state index contributed by atoms with van der Waals surface area (Å²) in [6.45, 7) is 2.87. The number of ether oxygens (including phenoxy) is 1. The summed E-state index contributed by atoms with van der Waals surface area (Å²) in [5.41, 5.74) is 2.26. The molecule has 0 aliphatic carbocycles. The van der Waals surface area contributed by atoms with Crippen LogP contribution < -0.4 is 4.74 Å². The molecule has 0 bridgehead atoms. The van der Waals surface area contributed by atoms with Gasteiger partial charge in [0.25, 0.3) is 0 Å². The van der Waals surface area contributed by atoms with E-state index in [9.17, 15) is 0 Å². The van der Waals surface area contributed by atoms with Crippen molar-refractivity contribution in [3.8, 4) is 5.75 Å². The van der Waals surface area contributed by atoms with Crippen LogP contribution in [0.1, 0.15) is 17.1 Å². The highest BCUT2D eigenvalue weighted by Crippen LogP contribution is 2.19. The predicted octanol–water partition coefficient (Wildman–Crippen LogP) is 3.60. The number of hydrogen-bond donors (Lipinski definition) is 0. The average molecular weight is 301 g/mol. The second-order valence-electron chi connectivity index (χ2n) is 4.14. The number of methoxy groups -OCH3 is 1. The van der Waals surface area contributed by atoms with E-state index in [1.54, 1.807) is 7.11 Å². The lowest BCUT2D eigenvalue weighted by Gasteiger charge is -2.11. The third kappa shape index (κ3) is 3.64. The molecule has 1 aromatic carbocycles. The van der Waals surface area contributed by atoms with Crippen molar-refractivity contribution in [3.63, 3.8) is 0 Å². The Kier molecular flexibility index (Phi) is 6.19. The molecule has 3 nitrogen and oxygen atoms in total. The first kappa shape index (κ1) is 15.9. The first-order valence-corrected chi connectivity index (χ1v) is 6.48. The molecule has 0 amide bonds. The van der Waals surface area contributed by atoms with Crippen molar-refractivity contribution < 1.29 is 4.74 Å². The smallest absolute Gasteiger partial charge is 0.122 e. The zero-order valence-corrected chi connectivity index (χ0v) is 12.7. The zero-order chi connectivity index (χ0) is 13.0. The van der Waals surface area contributed by atoms with Crippen LogP contribution in [0.4, 0.5) is 0 Å². The first-order chi connectivity index (χ1) is 8.76. The van der Waals surface area contributed by atoms with Gasteiger partial charge in [0.05, 0.1) is 18.7 Å². The number of imidazole rings is 1. The second kappa shape index (κ2) is 7.41. The first-order valence-electron chi connectivity index (χ1n) is 5.95. The number of hydrogen-bond acceptors (Lipinski definition) is 2. The minimum Gasteiger partial charge on any atom is -0.496 e. The predicted molar refractivity (Wildman–Crippen MR) is 80.5 cm³/mol. The van der Waals surface area contributed by atoms with Crippen molar-refractivity contribution in [3.05, 3.63) is 47.5 Å². The van der Waals surface area contributed by atoms with E-state index in [0.29, 0.717) is 5.88 Å². The maximum atomic E-state index is 5.90.